The van der Waals surface area contributed by atoms with E-state index in [9.17, 15) is 20.1 Å². The van der Waals surface area contributed by atoms with E-state index in [0.717, 1.165) is 5.57 Å². The first-order valence-electron chi connectivity index (χ1n) is 6.37. The molecule has 2 aliphatic carbocycles. The molecule has 0 aromatic carbocycles. The number of aliphatic hydroxyl groups is 3. The van der Waals surface area contributed by atoms with Crippen molar-refractivity contribution < 1.29 is 15.3 Å². The van der Waals surface area contributed by atoms with Gasteiger partial charge in [0.1, 0.15) is 0 Å². The van der Waals surface area contributed by atoms with Crippen LogP contribution in [0, 0.1) is 11.8 Å². The number of fused-ring (bicyclic) bond motifs is 1. The van der Waals surface area contributed by atoms with E-state index in [1.54, 1.807) is 0 Å². The molecule has 0 radical (unpaired) electrons. The number of aromatic nitrogens is 2. The average molecular weight is 264 g/mol. The molecule has 3 rings (SSSR count). The molecule has 102 valence electrons. The third kappa shape index (κ3) is 1.83. The van der Waals surface area contributed by atoms with Crippen LogP contribution in [0.1, 0.15) is 17.7 Å². The van der Waals surface area contributed by atoms with Crippen LogP contribution in [0.4, 0.5) is 0 Å². The SMILES string of the molecule is O=c1[nH]cnc2c1CC=C2[C@@H]1C[C@H](CO)[C@@H](O)[C@@H]1O. The van der Waals surface area contributed by atoms with Gasteiger partial charge in [-0.2, -0.15) is 0 Å². The summed E-state index contributed by atoms with van der Waals surface area (Å²) in [6.07, 6.45) is 2.38. The van der Waals surface area contributed by atoms with Crippen LogP contribution < -0.4 is 5.56 Å². The van der Waals surface area contributed by atoms with Crippen molar-refractivity contribution in [1.29, 1.82) is 0 Å². The first-order valence-corrected chi connectivity index (χ1v) is 6.37. The lowest BCUT2D eigenvalue weighted by atomic mass is 9.93. The lowest BCUT2D eigenvalue weighted by Crippen LogP contribution is -2.29. The summed E-state index contributed by atoms with van der Waals surface area (Å²) < 4.78 is 0. The van der Waals surface area contributed by atoms with E-state index in [0.29, 0.717) is 24.1 Å². The molecule has 6 nitrogen and oxygen atoms in total. The van der Waals surface area contributed by atoms with Gasteiger partial charge in [-0.05, 0) is 18.4 Å². The van der Waals surface area contributed by atoms with Crippen LogP contribution in [-0.4, -0.2) is 44.1 Å². The van der Waals surface area contributed by atoms with Gasteiger partial charge in [-0.1, -0.05) is 6.08 Å². The Balaban J connectivity index is 1.95. The number of allylic oxidation sites excluding steroid dienone is 1. The summed E-state index contributed by atoms with van der Waals surface area (Å²) in [6, 6.07) is 0. The quantitative estimate of drug-likeness (QED) is 0.551. The van der Waals surface area contributed by atoms with E-state index in [-0.39, 0.29) is 24.0 Å². The van der Waals surface area contributed by atoms with Crippen LogP contribution in [0.5, 0.6) is 0 Å². The third-order valence-corrected chi connectivity index (χ3v) is 4.18. The molecule has 2 aliphatic rings. The number of aromatic amines is 1. The van der Waals surface area contributed by atoms with Crippen molar-refractivity contribution in [3.05, 3.63) is 34.0 Å². The predicted molar refractivity (Wildman–Crippen MR) is 67.2 cm³/mol. The Kier molecular flexibility index (Phi) is 3.00. The van der Waals surface area contributed by atoms with Crippen LogP contribution >= 0.6 is 0 Å². The number of hydrogen-bond donors (Lipinski definition) is 4. The normalized spacial score (nSPS) is 33.3. The zero-order chi connectivity index (χ0) is 13.6. The fraction of sp³-hybridized carbons (Fsp3) is 0.538. The molecule has 1 aromatic rings. The summed E-state index contributed by atoms with van der Waals surface area (Å²) in [7, 11) is 0. The van der Waals surface area contributed by atoms with Gasteiger partial charge in [-0.3, -0.25) is 4.79 Å². The second kappa shape index (κ2) is 4.56. The van der Waals surface area contributed by atoms with Gasteiger partial charge in [-0.15, -0.1) is 0 Å². The summed E-state index contributed by atoms with van der Waals surface area (Å²) in [4.78, 5) is 18.4. The van der Waals surface area contributed by atoms with Crippen molar-refractivity contribution >= 4 is 5.57 Å². The molecule has 1 fully saturated rings. The zero-order valence-corrected chi connectivity index (χ0v) is 10.3. The minimum Gasteiger partial charge on any atom is -0.396 e. The molecule has 0 spiro atoms. The van der Waals surface area contributed by atoms with Crippen LogP contribution in [0.25, 0.3) is 5.57 Å². The first kappa shape index (κ1) is 12.5. The highest BCUT2D eigenvalue weighted by Crippen LogP contribution is 2.42. The second-order valence-electron chi connectivity index (χ2n) is 5.19. The maximum absolute atomic E-state index is 11.7. The molecule has 0 bridgehead atoms. The maximum Gasteiger partial charge on any atom is 0.254 e. The smallest absolute Gasteiger partial charge is 0.254 e. The lowest BCUT2D eigenvalue weighted by Gasteiger charge is -2.18. The van der Waals surface area contributed by atoms with Crippen molar-refractivity contribution in [2.24, 2.45) is 11.8 Å². The monoisotopic (exact) mass is 264 g/mol. The Morgan fingerprint density at radius 1 is 1.37 bits per heavy atom. The molecule has 19 heavy (non-hydrogen) atoms. The number of nitrogens with zero attached hydrogens (tertiary/aromatic N) is 1. The van der Waals surface area contributed by atoms with Gasteiger partial charge in [0.25, 0.3) is 5.56 Å². The molecule has 4 N–H and O–H groups in total. The summed E-state index contributed by atoms with van der Waals surface area (Å²) in [6.45, 7) is -0.155. The molecule has 4 atom stereocenters. The third-order valence-electron chi connectivity index (χ3n) is 4.18. The molecular formula is C13H16N2O4. The average Bonchev–Trinajstić information content (AvgIpc) is 2.94. The van der Waals surface area contributed by atoms with Crippen molar-refractivity contribution in [2.75, 3.05) is 6.61 Å². The first-order chi connectivity index (χ1) is 9.13. The van der Waals surface area contributed by atoms with Gasteiger partial charge in [0.15, 0.2) is 0 Å². The van der Waals surface area contributed by atoms with Crippen LogP contribution in [0.15, 0.2) is 17.2 Å². The predicted octanol–water partition coefficient (Wildman–Crippen LogP) is -0.940. The van der Waals surface area contributed by atoms with Crippen LogP contribution in [0.3, 0.4) is 0 Å². The Morgan fingerprint density at radius 3 is 2.84 bits per heavy atom. The number of rotatable bonds is 2. The lowest BCUT2D eigenvalue weighted by molar-refractivity contribution is 0.000273. The van der Waals surface area contributed by atoms with E-state index < -0.39 is 12.2 Å². The number of nitrogens with one attached hydrogen (secondary N) is 1. The highest BCUT2D eigenvalue weighted by molar-refractivity contribution is 5.72. The van der Waals surface area contributed by atoms with Crippen molar-refractivity contribution in [1.82, 2.24) is 9.97 Å². The van der Waals surface area contributed by atoms with Crippen molar-refractivity contribution in [2.45, 2.75) is 25.0 Å². The molecule has 1 saturated carbocycles. The maximum atomic E-state index is 11.7. The standard InChI is InChI=1S/C13H16N2O4/c16-4-6-3-9(12(18)11(6)17)7-1-2-8-10(7)14-5-15-13(8)19/h1,5-6,9,11-12,16-18H,2-4H2,(H,14,15,19)/t6-,9+,11-,12-/m1/s1. The van der Waals surface area contributed by atoms with Gasteiger partial charge in [0.05, 0.1) is 24.2 Å². The molecule has 1 aromatic heterocycles. The summed E-state index contributed by atoms with van der Waals surface area (Å²) in [5, 5.41) is 29.2. The number of H-pyrrole nitrogens is 1. The van der Waals surface area contributed by atoms with Gasteiger partial charge >= 0.3 is 0 Å². The topological polar surface area (TPSA) is 106 Å². The molecule has 0 amide bonds. The van der Waals surface area contributed by atoms with Gasteiger partial charge < -0.3 is 20.3 Å². The van der Waals surface area contributed by atoms with Gasteiger partial charge in [0, 0.05) is 24.0 Å². The largest absolute Gasteiger partial charge is 0.396 e. The van der Waals surface area contributed by atoms with Gasteiger partial charge in [-0.25, -0.2) is 4.98 Å². The summed E-state index contributed by atoms with van der Waals surface area (Å²) in [5.74, 6) is -0.602. The van der Waals surface area contributed by atoms with Crippen LogP contribution in [0.2, 0.25) is 0 Å². The highest BCUT2D eigenvalue weighted by Gasteiger charge is 2.44. The minimum atomic E-state index is -0.929. The van der Waals surface area contributed by atoms with E-state index in [1.165, 1.54) is 6.33 Å². The molecule has 0 aliphatic heterocycles. The fourth-order valence-electron chi connectivity index (χ4n) is 3.12. The van der Waals surface area contributed by atoms with E-state index in [4.69, 9.17) is 0 Å². The molecule has 0 saturated heterocycles. The molecule has 1 heterocycles. The Morgan fingerprint density at radius 2 is 2.16 bits per heavy atom. The zero-order valence-electron chi connectivity index (χ0n) is 10.3. The fourth-order valence-corrected chi connectivity index (χ4v) is 3.12. The minimum absolute atomic E-state index is 0.155. The summed E-state index contributed by atoms with van der Waals surface area (Å²) in [5.41, 5.74) is 1.86. The molecule has 0 unspecified atom stereocenters. The van der Waals surface area contributed by atoms with E-state index in [1.807, 2.05) is 6.08 Å². The van der Waals surface area contributed by atoms with Crippen molar-refractivity contribution in [3.63, 3.8) is 0 Å². The summed E-state index contributed by atoms with van der Waals surface area (Å²) >= 11 is 0. The molecular weight excluding hydrogens is 248 g/mol. The van der Waals surface area contributed by atoms with E-state index in [2.05, 4.69) is 9.97 Å². The highest BCUT2D eigenvalue weighted by atomic mass is 16.3. The molecule has 6 heteroatoms. The number of aliphatic hydroxyl groups excluding tert-OH is 3. The Bertz CT molecular complexity index is 580. The van der Waals surface area contributed by atoms with Gasteiger partial charge in [0.2, 0.25) is 0 Å². The Labute approximate surface area is 109 Å². The van der Waals surface area contributed by atoms with Crippen molar-refractivity contribution in [3.8, 4) is 0 Å². The number of hydrogen-bond acceptors (Lipinski definition) is 5. The van der Waals surface area contributed by atoms with E-state index >= 15 is 0 Å². The van der Waals surface area contributed by atoms with Crippen LogP contribution in [-0.2, 0) is 6.42 Å². The Hall–Kier alpha value is -1.50. The second-order valence-corrected chi connectivity index (χ2v) is 5.19.